The van der Waals surface area contributed by atoms with E-state index in [1.807, 2.05) is 24.3 Å². The van der Waals surface area contributed by atoms with Crippen LogP contribution in [0, 0.1) is 12.7 Å². The SMILES string of the molecule is COc1ccccc1CNC(=O)c1sc(-c2ccc(F)cc2)nc1C. The second kappa shape index (κ2) is 7.44. The number of benzene rings is 2. The first-order valence-corrected chi connectivity index (χ1v) is 8.53. The lowest BCUT2D eigenvalue weighted by molar-refractivity contribution is 0.0954. The van der Waals surface area contributed by atoms with Gasteiger partial charge in [0.2, 0.25) is 0 Å². The second-order valence-electron chi connectivity index (χ2n) is 5.43. The molecule has 3 aromatic rings. The summed E-state index contributed by atoms with van der Waals surface area (Å²) < 4.78 is 18.3. The number of amides is 1. The summed E-state index contributed by atoms with van der Waals surface area (Å²) in [6.07, 6.45) is 0. The van der Waals surface area contributed by atoms with E-state index in [1.165, 1.54) is 23.5 Å². The molecule has 25 heavy (non-hydrogen) atoms. The van der Waals surface area contributed by atoms with E-state index >= 15 is 0 Å². The smallest absolute Gasteiger partial charge is 0.263 e. The normalized spacial score (nSPS) is 10.5. The highest BCUT2D eigenvalue weighted by atomic mass is 32.1. The predicted molar refractivity (Wildman–Crippen MR) is 96.4 cm³/mol. The summed E-state index contributed by atoms with van der Waals surface area (Å²) in [6, 6.07) is 13.6. The van der Waals surface area contributed by atoms with Crippen LogP contribution < -0.4 is 10.1 Å². The van der Waals surface area contributed by atoms with Gasteiger partial charge in [0.15, 0.2) is 0 Å². The number of ether oxygens (including phenoxy) is 1. The third-order valence-corrected chi connectivity index (χ3v) is 4.93. The molecule has 6 heteroatoms. The van der Waals surface area contributed by atoms with E-state index in [9.17, 15) is 9.18 Å². The van der Waals surface area contributed by atoms with Crippen molar-refractivity contribution in [3.8, 4) is 16.3 Å². The van der Waals surface area contributed by atoms with Crippen LogP contribution >= 0.6 is 11.3 Å². The highest BCUT2D eigenvalue weighted by Gasteiger charge is 2.16. The Labute approximate surface area is 149 Å². The molecule has 0 spiro atoms. The van der Waals surface area contributed by atoms with Crippen molar-refractivity contribution in [3.63, 3.8) is 0 Å². The van der Waals surface area contributed by atoms with Crippen LogP contribution in [0.4, 0.5) is 4.39 Å². The highest BCUT2D eigenvalue weighted by molar-refractivity contribution is 7.17. The van der Waals surface area contributed by atoms with Crippen LogP contribution in [0.5, 0.6) is 5.75 Å². The van der Waals surface area contributed by atoms with Gasteiger partial charge in [0.1, 0.15) is 21.5 Å². The van der Waals surface area contributed by atoms with E-state index in [1.54, 1.807) is 26.2 Å². The Morgan fingerprint density at radius 1 is 1.20 bits per heavy atom. The van der Waals surface area contributed by atoms with Gasteiger partial charge in [-0.25, -0.2) is 9.37 Å². The van der Waals surface area contributed by atoms with Crippen molar-refractivity contribution >= 4 is 17.2 Å². The summed E-state index contributed by atoms with van der Waals surface area (Å²) in [5, 5.41) is 3.59. The fourth-order valence-corrected chi connectivity index (χ4v) is 3.42. The van der Waals surface area contributed by atoms with Gasteiger partial charge in [-0.15, -0.1) is 11.3 Å². The average Bonchev–Trinajstić information content (AvgIpc) is 3.02. The molecule has 0 aliphatic carbocycles. The Kier molecular flexibility index (Phi) is 5.09. The molecule has 1 aromatic heterocycles. The number of carbonyl (C=O) groups excluding carboxylic acids is 1. The number of aromatic nitrogens is 1. The first kappa shape index (κ1) is 17.1. The van der Waals surface area contributed by atoms with E-state index in [0.717, 1.165) is 16.9 Å². The van der Waals surface area contributed by atoms with Gasteiger partial charge in [-0.1, -0.05) is 18.2 Å². The first-order valence-electron chi connectivity index (χ1n) is 7.72. The summed E-state index contributed by atoms with van der Waals surface area (Å²) in [5.41, 5.74) is 2.35. The van der Waals surface area contributed by atoms with Crippen LogP contribution in [0.25, 0.3) is 10.6 Å². The zero-order valence-electron chi connectivity index (χ0n) is 13.9. The number of carbonyl (C=O) groups is 1. The van der Waals surface area contributed by atoms with Crippen LogP contribution in [0.1, 0.15) is 20.9 Å². The van der Waals surface area contributed by atoms with E-state index in [0.29, 0.717) is 22.1 Å². The maximum atomic E-state index is 13.0. The van der Waals surface area contributed by atoms with Gasteiger partial charge in [-0.3, -0.25) is 4.79 Å². The van der Waals surface area contributed by atoms with E-state index in [4.69, 9.17) is 4.74 Å². The molecule has 1 N–H and O–H groups in total. The first-order chi connectivity index (χ1) is 12.1. The molecule has 0 atom stereocenters. The molecule has 0 bridgehead atoms. The van der Waals surface area contributed by atoms with Crippen molar-refractivity contribution in [2.45, 2.75) is 13.5 Å². The number of hydrogen-bond donors (Lipinski definition) is 1. The molecule has 0 saturated carbocycles. The Balaban J connectivity index is 1.75. The van der Waals surface area contributed by atoms with E-state index in [-0.39, 0.29) is 11.7 Å². The lowest BCUT2D eigenvalue weighted by Crippen LogP contribution is -2.22. The van der Waals surface area contributed by atoms with Gasteiger partial charge in [-0.05, 0) is 37.3 Å². The van der Waals surface area contributed by atoms with E-state index < -0.39 is 0 Å². The van der Waals surface area contributed by atoms with E-state index in [2.05, 4.69) is 10.3 Å². The Hall–Kier alpha value is -2.73. The molecule has 128 valence electrons. The molecule has 3 rings (SSSR count). The van der Waals surface area contributed by atoms with Crippen LogP contribution in [-0.4, -0.2) is 18.0 Å². The van der Waals surface area contributed by atoms with Crippen LogP contribution in [-0.2, 0) is 6.54 Å². The van der Waals surface area contributed by atoms with Crippen molar-refractivity contribution < 1.29 is 13.9 Å². The van der Waals surface area contributed by atoms with Gasteiger partial charge < -0.3 is 10.1 Å². The number of nitrogens with zero attached hydrogens (tertiary/aromatic N) is 1. The highest BCUT2D eigenvalue weighted by Crippen LogP contribution is 2.28. The molecule has 2 aromatic carbocycles. The summed E-state index contributed by atoms with van der Waals surface area (Å²) >= 11 is 1.29. The number of aryl methyl sites for hydroxylation is 1. The average molecular weight is 356 g/mol. The maximum absolute atomic E-state index is 13.0. The Bertz CT molecular complexity index is 891. The fourth-order valence-electron chi connectivity index (χ4n) is 2.43. The molecular formula is C19H17FN2O2S. The third-order valence-electron chi connectivity index (χ3n) is 3.73. The summed E-state index contributed by atoms with van der Waals surface area (Å²) in [4.78, 5) is 17.5. The van der Waals surface area contributed by atoms with Gasteiger partial charge in [0.05, 0.1) is 12.8 Å². The minimum absolute atomic E-state index is 0.186. The van der Waals surface area contributed by atoms with Crippen molar-refractivity contribution in [2.24, 2.45) is 0 Å². The second-order valence-corrected chi connectivity index (χ2v) is 6.43. The van der Waals surface area contributed by atoms with Crippen LogP contribution in [0.3, 0.4) is 0 Å². The summed E-state index contributed by atoms with van der Waals surface area (Å²) in [6.45, 7) is 2.16. The number of rotatable bonds is 5. The van der Waals surface area contributed by atoms with Crippen molar-refractivity contribution in [1.29, 1.82) is 0 Å². The van der Waals surface area contributed by atoms with Gasteiger partial charge >= 0.3 is 0 Å². The minimum Gasteiger partial charge on any atom is -0.496 e. The largest absolute Gasteiger partial charge is 0.496 e. The standard InChI is InChI=1S/C19H17FN2O2S/c1-12-17(25-19(22-12)13-7-9-15(20)10-8-13)18(23)21-11-14-5-3-4-6-16(14)24-2/h3-10H,11H2,1-2H3,(H,21,23). The molecule has 0 unspecified atom stereocenters. The number of para-hydroxylation sites is 1. The zero-order chi connectivity index (χ0) is 17.8. The maximum Gasteiger partial charge on any atom is 0.263 e. The van der Waals surface area contributed by atoms with Crippen molar-refractivity contribution in [3.05, 3.63) is 70.5 Å². The van der Waals surface area contributed by atoms with Gasteiger partial charge in [0, 0.05) is 17.7 Å². The summed E-state index contributed by atoms with van der Waals surface area (Å²) in [7, 11) is 1.60. The van der Waals surface area contributed by atoms with Crippen molar-refractivity contribution in [1.82, 2.24) is 10.3 Å². The number of thiazole rings is 1. The third kappa shape index (κ3) is 3.85. The molecule has 4 nitrogen and oxygen atoms in total. The molecule has 1 amide bonds. The molecule has 0 aliphatic heterocycles. The molecule has 0 radical (unpaired) electrons. The fraction of sp³-hybridized carbons (Fsp3) is 0.158. The quantitative estimate of drug-likeness (QED) is 0.745. The zero-order valence-corrected chi connectivity index (χ0v) is 14.7. The number of nitrogens with one attached hydrogen (secondary N) is 1. The van der Waals surface area contributed by atoms with Crippen LogP contribution in [0.2, 0.25) is 0 Å². The molecular weight excluding hydrogens is 339 g/mol. The topological polar surface area (TPSA) is 51.2 Å². The lowest BCUT2D eigenvalue weighted by Gasteiger charge is -2.09. The number of halogens is 1. The van der Waals surface area contributed by atoms with Crippen LogP contribution in [0.15, 0.2) is 48.5 Å². The van der Waals surface area contributed by atoms with Gasteiger partial charge in [0.25, 0.3) is 5.91 Å². The summed E-state index contributed by atoms with van der Waals surface area (Å²) in [5.74, 6) is 0.247. The Morgan fingerprint density at radius 3 is 2.64 bits per heavy atom. The Morgan fingerprint density at radius 2 is 1.92 bits per heavy atom. The minimum atomic E-state index is -0.299. The molecule has 0 aliphatic rings. The number of hydrogen-bond acceptors (Lipinski definition) is 4. The number of methoxy groups -OCH3 is 1. The van der Waals surface area contributed by atoms with Crippen molar-refractivity contribution in [2.75, 3.05) is 7.11 Å². The van der Waals surface area contributed by atoms with Gasteiger partial charge in [-0.2, -0.15) is 0 Å². The molecule has 1 heterocycles. The molecule has 0 saturated heterocycles. The molecule has 0 fully saturated rings. The lowest BCUT2D eigenvalue weighted by atomic mass is 10.2. The monoisotopic (exact) mass is 356 g/mol. The predicted octanol–water partition coefficient (Wildman–Crippen LogP) is 4.20.